The first-order chi connectivity index (χ1) is 10.3. The number of rotatable bonds is 3. The molecule has 1 fully saturated rings. The normalized spacial score (nSPS) is 17.6. The molecule has 0 saturated carbocycles. The second-order valence-corrected chi connectivity index (χ2v) is 5.15. The summed E-state index contributed by atoms with van der Waals surface area (Å²) in [6.45, 7) is 0.694. The lowest BCUT2D eigenvalue weighted by Gasteiger charge is -2.16. The van der Waals surface area contributed by atoms with Gasteiger partial charge in [0.2, 0.25) is 5.91 Å². The summed E-state index contributed by atoms with van der Waals surface area (Å²) in [5, 5.41) is 2.33. The number of alkyl halides is 3. The number of nitrogens with two attached hydrogens (primary N) is 1. The Labute approximate surface area is 137 Å². The molecule has 1 heterocycles. The number of hydrogen-bond acceptors (Lipinski definition) is 3. The zero-order valence-electron chi connectivity index (χ0n) is 12.1. The first kappa shape index (κ1) is 19.2. The van der Waals surface area contributed by atoms with Crippen LogP contribution in [0.1, 0.15) is 22.3 Å². The summed E-state index contributed by atoms with van der Waals surface area (Å²) in [6, 6.07) is 3.99. The Morgan fingerprint density at radius 2 is 2.04 bits per heavy atom. The number of halogens is 4. The van der Waals surface area contributed by atoms with Gasteiger partial charge in [-0.05, 0) is 24.6 Å². The van der Waals surface area contributed by atoms with Crippen LogP contribution in [-0.4, -0.2) is 42.4 Å². The summed E-state index contributed by atoms with van der Waals surface area (Å²) in [4.78, 5) is 25.2. The summed E-state index contributed by atoms with van der Waals surface area (Å²) in [5.74, 6) is -1.02. The molecule has 2 rings (SSSR count). The summed E-state index contributed by atoms with van der Waals surface area (Å²) >= 11 is 0. The van der Waals surface area contributed by atoms with Crippen molar-refractivity contribution in [1.82, 2.24) is 10.2 Å². The van der Waals surface area contributed by atoms with E-state index in [9.17, 15) is 22.8 Å². The molecule has 1 aliphatic heterocycles. The van der Waals surface area contributed by atoms with Crippen LogP contribution in [0.15, 0.2) is 24.3 Å². The van der Waals surface area contributed by atoms with Crippen molar-refractivity contribution in [3.8, 4) is 0 Å². The summed E-state index contributed by atoms with van der Waals surface area (Å²) in [5.41, 5.74) is 4.64. The van der Waals surface area contributed by atoms with Gasteiger partial charge in [-0.15, -0.1) is 12.4 Å². The van der Waals surface area contributed by atoms with Crippen LogP contribution in [0.5, 0.6) is 0 Å². The molecule has 5 nitrogen and oxygen atoms in total. The molecule has 3 N–H and O–H groups in total. The van der Waals surface area contributed by atoms with E-state index in [1.807, 2.05) is 0 Å². The van der Waals surface area contributed by atoms with Crippen molar-refractivity contribution in [2.75, 3.05) is 19.6 Å². The molecule has 128 valence electrons. The number of carbonyl (C=O) groups excluding carboxylic acids is 2. The molecule has 23 heavy (non-hydrogen) atoms. The van der Waals surface area contributed by atoms with Crippen molar-refractivity contribution in [1.29, 1.82) is 0 Å². The monoisotopic (exact) mass is 351 g/mol. The van der Waals surface area contributed by atoms with Gasteiger partial charge in [-0.2, -0.15) is 13.2 Å². The maximum atomic E-state index is 12.6. The Bertz CT molecular complexity index is 581. The minimum Gasteiger partial charge on any atom is -0.343 e. The second kappa shape index (κ2) is 7.65. The predicted molar refractivity (Wildman–Crippen MR) is 80.2 cm³/mol. The van der Waals surface area contributed by atoms with E-state index >= 15 is 0 Å². The van der Waals surface area contributed by atoms with E-state index in [0.717, 1.165) is 18.2 Å². The molecule has 1 aliphatic rings. The van der Waals surface area contributed by atoms with Crippen LogP contribution in [0.4, 0.5) is 13.2 Å². The van der Waals surface area contributed by atoms with Crippen LogP contribution in [-0.2, 0) is 11.0 Å². The Morgan fingerprint density at radius 1 is 1.35 bits per heavy atom. The highest BCUT2D eigenvalue weighted by Crippen LogP contribution is 2.29. The Kier molecular flexibility index (Phi) is 6.40. The third-order valence-electron chi connectivity index (χ3n) is 3.43. The molecule has 1 saturated heterocycles. The van der Waals surface area contributed by atoms with Crippen molar-refractivity contribution in [2.45, 2.75) is 18.6 Å². The molecule has 1 unspecified atom stereocenters. The smallest absolute Gasteiger partial charge is 0.343 e. The van der Waals surface area contributed by atoms with E-state index in [1.54, 1.807) is 0 Å². The average Bonchev–Trinajstić information content (AvgIpc) is 2.90. The highest BCUT2D eigenvalue weighted by Gasteiger charge is 2.31. The highest BCUT2D eigenvalue weighted by atomic mass is 35.5. The molecule has 1 aromatic rings. The number of benzene rings is 1. The lowest BCUT2D eigenvalue weighted by molar-refractivity contribution is -0.137. The Hall–Kier alpha value is -1.80. The fourth-order valence-corrected chi connectivity index (χ4v) is 2.22. The van der Waals surface area contributed by atoms with Crippen molar-refractivity contribution in [3.63, 3.8) is 0 Å². The van der Waals surface area contributed by atoms with Crippen LogP contribution in [0.25, 0.3) is 0 Å². The minimum absolute atomic E-state index is 0. The van der Waals surface area contributed by atoms with E-state index in [0.29, 0.717) is 19.5 Å². The number of nitrogens with zero attached hydrogens (tertiary/aromatic N) is 1. The van der Waals surface area contributed by atoms with Gasteiger partial charge in [0, 0.05) is 24.7 Å². The third-order valence-corrected chi connectivity index (χ3v) is 3.43. The number of amides is 2. The molecule has 0 aliphatic carbocycles. The molecule has 9 heteroatoms. The number of nitrogens with one attached hydrogen (secondary N) is 1. The summed E-state index contributed by atoms with van der Waals surface area (Å²) in [6.07, 6.45) is -3.81. The van der Waals surface area contributed by atoms with Crippen molar-refractivity contribution in [3.05, 3.63) is 35.4 Å². The standard InChI is InChI=1S/C14H16F3N3O2.ClH/c15-14(16,17)10-3-1-2-9(6-10)13(22)19-7-12(21)20-5-4-11(18)8-20;/h1-3,6,11H,4-5,7-8,18H2,(H,19,22);1H. The average molecular weight is 352 g/mol. The number of hydrogen-bond donors (Lipinski definition) is 2. The van der Waals surface area contributed by atoms with Crippen LogP contribution in [0.3, 0.4) is 0 Å². The summed E-state index contributed by atoms with van der Waals surface area (Å²) < 4.78 is 37.7. The zero-order valence-corrected chi connectivity index (χ0v) is 12.9. The van der Waals surface area contributed by atoms with Crippen molar-refractivity contribution in [2.24, 2.45) is 5.73 Å². The fourth-order valence-electron chi connectivity index (χ4n) is 2.22. The van der Waals surface area contributed by atoms with E-state index < -0.39 is 17.6 Å². The molecule has 1 aromatic carbocycles. The SMILES string of the molecule is Cl.NC1CCN(C(=O)CNC(=O)c2cccc(C(F)(F)F)c2)C1. The minimum atomic E-state index is -4.52. The third kappa shape index (κ3) is 5.11. The molecule has 1 atom stereocenters. The first-order valence-electron chi connectivity index (χ1n) is 6.76. The lowest BCUT2D eigenvalue weighted by Crippen LogP contribution is -2.40. The van der Waals surface area contributed by atoms with Crippen molar-refractivity contribution >= 4 is 24.2 Å². The molecule has 0 bridgehead atoms. The van der Waals surface area contributed by atoms with Gasteiger partial charge in [0.15, 0.2) is 0 Å². The molecule has 0 spiro atoms. The van der Waals surface area contributed by atoms with Gasteiger partial charge < -0.3 is 16.0 Å². The Morgan fingerprint density at radius 3 is 2.61 bits per heavy atom. The van der Waals surface area contributed by atoms with Crippen LogP contribution in [0.2, 0.25) is 0 Å². The predicted octanol–water partition coefficient (Wildman–Crippen LogP) is 1.42. The summed E-state index contributed by atoms with van der Waals surface area (Å²) in [7, 11) is 0. The van der Waals surface area contributed by atoms with Gasteiger partial charge in [0.25, 0.3) is 5.91 Å². The van der Waals surface area contributed by atoms with Crippen molar-refractivity contribution < 1.29 is 22.8 Å². The van der Waals surface area contributed by atoms with E-state index in [4.69, 9.17) is 5.73 Å². The first-order valence-corrected chi connectivity index (χ1v) is 6.76. The molecule has 0 aromatic heterocycles. The van der Waals surface area contributed by atoms with Crippen LogP contribution in [0, 0.1) is 0 Å². The quantitative estimate of drug-likeness (QED) is 0.864. The van der Waals surface area contributed by atoms with E-state index in [2.05, 4.69) is 5.32 Å². The van der Waals surface area contributed by atoms with Gasteiger partial charge in [0.05, 0.1) is 12.1 Å². The van der Waals surface area contributed by atoms with E-state index in [-0.39, 0.29) is 36.5 Å². The second-order valence-electron chi connectivity index (χ2n) is 5.15. The molecular formula is C14H17ClF3N3O2. The van der Waals surface area contributed by atoms with Gasteiger partial charge in [0.1, 0.15) is 0 Å². The van der Waals surface area contributed by atoms with Crippen LogP contribution < -0.4 is 11.1 Å². The maximum absolute atomic E-state index is 12.6. The van der Waals surface area contributed by atoms with Gasteiger partial charge in [-0.3, -0.25) is 9.59 Å². The highest BCUT2D eigenvalue weighted by molar-refractivity contribution is 5.96. The largest absolute Gasteiger partial charge is 0.416 e. The zero-order chi connectivity index (χ0) is 16.3. The Balaban J connectivity index is 0.00000264. The number of likely N-dealkylation sites (tertiary alicyclic amines) is 1. The van der Waals surface area contributed by atoms with Gasteiger partial charge in [-0.25, -0.2) is 0 Å². The molecular weight excluding hydrogens is 335 g/mol. The van der Waals surface area contributed by atoms with Gasteiger partial charge >= 0.3 is 6.18 Å². The molecule has 0 radical (unpaired) electrons. The van der Waals surface area contributed by atoms with Crippen LogP contribution >= 0.6 is 12.4 Å². The van der Waals surface area contributed by atoms with E-state index in [1.165, 1.54) is 11.0 Å². The maximum Gasteiger partial charge on any atom is 0.416 e. The topological polar surface area (TPSA) is 75.4 Å². The molecule has 2 amide bonds. The fraction of sp³-hybridized carbons (Fsp3) is 0.429. The number of carbonyl (C=O) groups is 2. The lowest BCUT2D eigenvalue weighted by atomic mass is 10.1. The van der Waals surface area contributed by atoms with Gasteiger partial charge in [-0.1, -0.05) is 6.07 Å².